The van der Waals surface area contributed by atoms with Crippen molar-refractivity contribution in [2.45, 2.75) is 78.2 Å². The molecule has 0 bridgehead atoms. The molecule has 0 unspecified atom stereocenters. The van der Waals surface area contributed by atoms with E-state index >= 15 is 0 Å². The summed E-state index contributed by atoms with van der Waals surface area (Å²) in [6.45, 7) is 7.60. The van der Waals surface area contributed by atoms with Gasteiger partial charge in [0.25, 0.3) is 0 Å². The van der Waals surface area contributed by atoms with Crippen molar-refractivity contribution in [3.05, 3.63) is 11.6 Å². The second kappa shape index (κ2) is 6.76. The lowest BCUT2D eigenvalue weighted by molar-refractivity contribution is -0.170. The van der Waals surface area contributed by atoms with Gasteiger partial charge in [-0.2, -0.15) is 0 Å². The molecule has 4 aliphatic rings. The van der Waals surface area contributed by atoms with Crippen LogP contribution in [0.4, 0.5) is 0 Å². The van der Waals surface area contributed by atoms with Crippen LogP contribution in [0.3, 0.4) is 0 Å². The van der Waals surface area contributed by atoms with Gasteiger partial charge in [-0.25, -0.2) is 0 Å². The van der Waals surface area contributed by atoms with E-state index in [0.29, 0.717) is 30.6 Å². The maximum absolute atomic E-state index is 12.9. The van der Waals surface area contributed by atoms with E-state index in [0.717, 1.165) is 32.1 Å². The molecule has 0 aromatic carbocycles. The van der Waals surface area contributed by atoms with E-state index in [1.165, 1.54) is 12.5 Å². The molecule has 29 heavy (non-hydrogen) atoms. The summed E-state index contributed by atoms with van der Waals surface area (Å²) in [5.41, 5.74) is -0.508. The molecule has 0 aromatic heterocycles. The molecule has 4 rings (SSSR count). The van der Waals surface area contributed by atoms with Gasteiger partial charge < -0.3 is 9.84 Å². The number of aliphatic hydroxyl groups is 1. The number of fused-ring (bicyclic) bond motifs is 5. The Labute approximate surface area is 173 Å². The predicted molar refractivity (Wildman–Crippen MR) is 108 cm³/mol. The van der Waals surface area contributed by atoms with Crippen LogP contribution >= 0.6 is 0 Å². The predicted octanol–water partition coefficient (Wildman–Crippen LogP) is 3.63. The zero-order valence-electron chi connectivity index (χ0n) is 18.1. The van der Waals surface area contributed by atoms with Crippen LogP contribution in [0, 0.1) is 34.5 Å². The summed E-state index contributed by atoms with van der Waals surface area (Å²) in [4.78, 5) is 36.2. The van der Waals surface area contributed by atoms with Crippen LogP contribution in [0.25, 0.3) is 0 Å². The summed E-state index contributed by atoms with van der Waals surface area (Å²) < 4.78 is 4.94. The van der Waals surface area contributed by atoms with Gasteiger partial charge in [-0.05, 0) is 73.7 Å². The van der Waals surface area contributed by atoms with Gasteiger partial charge in [-0.15, -0.1) is 0 Å². The van der Waals surface area contributed by atoms with Crippen LogP contribution in [-0.2, 0) is 19.1 Å². The molecule has 5 heteroatoms. The molecule has 1 N–H and O–H groups in total. The number of ketones is 2. The molecule has 0 heterocycles. The van der Waals surface area contributed by atoms with Crippen LogP contribution in [-0.4, -0.2) is 34.9 Å². The van der Waals surface area contributed by atoms with Gasteiger partial charge in [-0.3, -0.25) is 14.4 Å². The topological polar surface area (TPSA) is 80.7 Å². The standard InChI is InChI=1S/C24H34O5/c1-14-11-17-18(22(3)8-5-16(26)12-20(14)22)6-9-23(4)19(17)7-10-24(23,28)21(27)13-29-15(2)25/h12,14,17-19,28H,5-11,13H2,1-4H3/t14-,17+,18+,19+,22+,23+,24-/m0/s1. The van der Waals surface area contributed by atoms with Crippen molar-refractivity contribution in [2.24, 2.45) is 34.5 Å². The summed E-state index contributed by atoms with van der Waals surface area (Å²) in [5.74, 6) is 1.01. The van der Waals surface area contributed by atoms with E-state index < -0.39 is 17.0 Å². The second-order valence-corrected chi connectivity index (χ2v) is 10.6. The highest BCUT2D eigenvalue weighted by molar-refractivity contribution is 5.92. The largest absolute Gasteiger partial charge is 0.458 e. The van der Waals surface area contributed by atoms with Crippen molar-refractivity contribution < 1.29 is 24.2 Å². The smallest absolute Gasteiger partial charge is 0.303 e. The Morgan fingerprint density at radius 1 is 1.17 bits per heavy atom. The lowest BCUT2D eigenvalue weighted by atomic mass is 9.44. The Hall–Kier alpha value is -1.49. The first-order valence-corrected chi connectivity index (χ1v) is 11.2. The molecule has 0 spiro atoms. The molecular formula is C24H34O5. The van der Waals surface area contributed by atoms with Gasteiger partial charge in [0.1, 0.15) is 5.60 Å². The SMILES string of the molecule is CC(=O)OCC(=O)[C@@]1(O)CC[C@@H]2[C@@H]3C[C@H](C)C4=CC(=O)CC[C@]4(C)[C@@H]3CC[C@]21C. The number of carbonyl (C=O) groups excluding carboxylic acids is 3. The molecule has 3 fully saturated rings. The summed E-state index contributed by atoms with van der Waals surface area (Å²) in [6, 6.07) is 0. The van der Waals surface area contributed by atoms with Gasteiger partial charge in [0.15, 0.2) is 12.4 Å². The summed E-state index contributed by atoms with van der Waals surface area (Å²) in [5, 5.41) is 11.5. The third-order valence-corrected chi connectivity index (χ3v) is 9.30. The van der Waals surface area contributed by atoms with E-state index in [-0.39, 0.29) is 29.5 Å². The monoisotopic (exact) mass is 402 g/mol. The number of allylic oxidation sites excluding steroid dienone is 1. The lowest BCUT2D eigenvalue weighted by Crippen LogP contribution is -2.58. The van der Waals surface area contributed by atoms with Crippen LogP contribution < -0.4 is 0 Å². The zero-order valence-corrected chi connectivity index (χ0v) is 18.1. The second-order valence-electron chi connectivity index (χ2n) is 10.6. The molecule has 0 saturated heterocycles. The van der Waals surface area contributed by atoms with E-state index in [4.69, 9.17) is 4.74 Å². The molecule has 0 aromatic rings. The minimum Gasteiger partial charge on any atom is -0.458 e. The number of esters is 1. The average molecular weight is 403 g/mol. The molecular weight excluding hydrogens is 368 g/mol. The van der Waals surface area contributed by atoms with Gasteiger partial charge in [0.2, 0.25) is 5.78 Å². The Kier molecular flexibility index (Phi) is 4.84. The number of rotatable bonds is 3. The Morgan fingerprint density at radius 3 is 2.55 bits per heavy atom. The molecule has 5 nitrogen and oxygen atoms in total. The minimum absolute atomic E-state index is 0.0556. The Bertz CT molecular complexity index is 784. The highest BCUT2D eigenvalue weighted by Crippen LogP contribution is 2.68. The fraction of sp³-hybridized carbons (Fsp3) is 0.792. The summed E-state index contributed by atoms with van der Waals surface area (Å²) >= 11 is 0. The maximum atomic E-state index is 12.9. The summed E-state index contributed by atoms with van der Waals surface area (Å²) in [7, 11) is 0. The minimum atomic E-state index is -1.42. The highest BCUT2D eigenvalue weighted by Gasteiger charge is 2.66. The molecule has 0 radical (unpaired) electrons. The zero-order chi connectivity index (χ0) is 21.2. The van der Waals surface area contributed by atoms with Crippen molar-refractivity contribution in [1.82, 2.24) is 0 Å². The molecule has 0 amide bonds. The first-order chi connectivity index (χ1) is 13.5. The lowest BCUT2D eigenvalue weighted by Gasteiger charge is -2.60. The first-order valence-electron chi connectivity index (χ1n) is 11.2. The highest BCUT2D eigenvalue weighted by atomic mass is 16.5. The molecule has 4 aliphatic carbocycles. The molecule has 3 saturated carbocycles. The summed E-state index contributed by atoms with van der Waals surface area (Å²) in [6.07, 6.45) is 7.54. The Morgan fingerprint density at radius 2 is 1.86 bits per heavy atom. The van der Waals surface area contributed by atoms with Gasteiger partial charge in [0.05, 0.1) is 0 Å². The number of Topliss-reactive ketones (excluding diaryl/α,β-unsaturated/α-hetero) is 1. The fourth-order valence-electron chi connectivity index (χ4n) is 7.75. The van der Waals surface area contributed by atoms with Crippen molar-refractivity contribution >= 4 is 17.5 Å². The molecule has 160 valence electrons. The third-order valence-electron chi connectivity index (χ3n) is 9.30. The number of hydrogen-bond donors (Lipinski definition) is 1. The quantitative estimate of drug-likeness (QED) is 0.729. The van der Waals surface area contributed by atoms with Crippen molar-refractivity contribution in [2.75, 3.05) is 6.61 Å². The first kappa shape index (κ1) is 20.8. The van der Waals surface area contributed by atoms with Crippen molar-refractivity contribution in [3.8, 4) is 0 Å². The van der Waals surface area contributed by atoms with E-state index in [1.54, 1.807) is 0 Å². The van der Waals surface area contributed by atoms with Crippen LogP contribution in [0.15, 0.2) is 11.6 Å². The maximum Gasteiger partial charge on any atom is 0.303 e. The average Bonchev–Trinajstić information content (AvgIpc) is 2.94. The van der Waals surface area contributed by atoms with Crippen LogP contribution in [0.5, 0.6) is 0 Å². The normalized spacial score (nSPS) is 46.2. The fourth-order valence-corrected chi connectivity index (χ4v) is 7.75. The van der Waals surface area contributed by atoms with Crippen LogP contribution in [0.1, 0.15) is 72.6 Å². The van der Waals surface area contributed by atoms with E-state index in [9.17, 15) is 19.5 Å². The number of carbonyl (C=O) groups is 3. The Balaban J connectivity index is 1.64. The van der Waals surface area contributed by atoms with E-state index in [1.807, 2.05) is 6.08 Å². The van der Waals surface area contributed by atoms with Gasteiger partial charge in [-0.1, -0.05) is 26.3 Å². The number of ether oxygens (including phenoxy) is 1. The van der Waals surface area contributed by atoms with E-state index in [2.05, 4.69) is 20.8 Å². The third kappa shape index (κ3) is 2.87. The number of hydrogen-bond acceptors (Lipinski definition) is 5. The molecule has 0 aliphatic heterocycles. The van der Waals surface area contributed by atoms with Crippen LogP contribution in [0.2, 0.25) is 0 Å². The van der Waals surface area contributed by atoms with Crippen molar-refractivity contribution in [3.63, 3.8) is 0 Å². The van der Waals surface area contributed by atoms with Gasteiger partial charge >= 0.3 is 5.97 Å². The van der Waals surface area contributed by atoms with Crippen molar-refractivity contribution in [1.29, 1.82) is 0 Å². The van der Waals surface area contributed by atoms with Gasteiger partial charge in [0, 0.05) is 18.8 Å². The molecule has 7 atom stereocenters.